The first-order chi connectivity index (χ1) is 13.9. The molecule has 9 heteroatoms. The highest BCUT2D eigenvalue weighted by molar-refractivity contribution is 7.15. The van der Waals surface area contributed by atoms with Crippen LogP contribution in [0.5, 0.6) is 0 Å². The second-order valence-electron chi connectivity index (χ2n) is 7.41. The summed E-state index contributed by atoms with van der Waals surface area (Å²) in [7, 11) is 0. The summed E-state index contributed by atoms with van der Waals surface area (Å²) in [5.41, 5.74) is 0.199. The van der Waals surface area contributed by atoms with Gasteiger partial charge in [-0.25, -0.2) is 14.2 Å². The van der Waals surface area contributed by atoms with Gasteiger partial charge in [0.25, 0.3) is 5.91 Å². The minimum Gasteiger partial charge on any atom is -0.323 e. The fourth-order valence-electron chi connectivity index (χ4n) is 3.84. The Morgan fingerprint density at radius 3 is 2.69 bits per heavy atom. The van der Waals surface area contributed by atoms with Crippen molar-refractivity contribution in [1.82, 2.24) is 15.2 Å². The molecule has 2 aliphatic rings. The molecule has 1 aliphatic carbocycles. The van der Waals surface area contributed by atoms with Gasteiger partial charge in [-0.2, -0.15) is 0 Å². The number of carbonyl (C=O) groups excluding carboxylic acids is 3. The smallest absolute Gasteiger partial charge is 0.323 e. The molecule has 2 aromatic rings. The van der Waals surface area contributed by atoms with Crippen molar-refractivity contribution in [3.05, 3.63) is 46.7 Å². The van der Waals surface area contributed by atoms with Crippen LogP contribution in [0.3, 0.4) is 0 Å². The monoisotopic (exact) mass is 416 g/mol. The number of nitrogens with zero attached hydrogens (tertiary/aromatic N) is 2. The maximum atomic E-state index is 13.0. The van der Waals surface area contributed by atoms with Gasteiger partial charge in [-0.05, 0) is 30.5 Å². The zero-order chi connectivity index (χ0) is 20.4. The number of urea groups is 1. The average Bonchev–Trinajstić information content (AvgIpc) is 3.38. The van der Waals surface area contributed by atoms with Gasteiger partial charge in [0.05, 0.1) is 0 Å². The van der Waals surface area contributed by atoms with Gasteiger partial charge >= 0.3 is 6.03 Å². The zero-order valence-electron chi connectivity index (χ0n) is 15.7. The van der Waals surface area contributed by atoms with Crippen LogP contribution >= 0.6 is 11.3 Å². The molecule has 1 saturated heterocycles. The fourth-order valence-corrected chi connectivity index (χ4v) is 4.71. The van der Waals surface area contributed by atoms with E-state index in [9.17, 15) is 18.8 Å². The first kappa shape index (κ1) is 19.5. The van der Waals surface area contributed by atoms with E-state index in [4.69, 9.17) is 0 Å². The molecule has 4 amide bonds. The largest absolute Gasteiger partial charge is 0.325 e. The Bertz CT molecular complexity index is 937. The van der Waals surface area contributed by atoms with Crippen LogP contribution < -0.4 is 10.6 Å². The fraction of sp³-hybridized carbons (Fsp3) is 0.400. The first-order valence-corrected chi connectivity index (χ1v) is 10.4. The number of thiazole rings is 1. The van der Waals surface area contributed by atoms with E-state index in [0.29, 0.717) is 24.4 Å². The lowest BCUT2D eigenvalue weighted by Crippen LogP contribution is -2.44. The highest BCUT2D eigenvalue weighted by atomic mass is 32.1. The molecule has 0 unspecified atom stereocenters. The summed E-state index contributed by atoms with van der Waals surface area (Å²) in [5.74, 6) is -0.806. The van der Waals surface area contributed by atoms with Gasteiger partial charge in [0.15, 0.2) is 5.13 Å². The van der Waals surface area contributed by atoms with Gasteiger partial charge in [-0.3, -0.25) is 14.5 Å². The van der Waals surface area contributed by atoms with Gasteiger partial charge in [0.2, 0.25) is 5.91 Å². The molecule has 2 fully saturated rings. The Labute approximate surface area is 171 Å². The lowest BCUT2D eigenvalue weighted by atomic mass is 9.98. The van der Waals surface area contributed by atoms with Crippen LogP contribution in [0.1, 0.15) is 42.5 Å². The summed E-state index contributed by atoms with van der Waals surface area (Å²) in [6, 6.07) is 5.82. The second-order valence-corrected chi connectivity index (χ2v) is 8.52. The lowest BCUT2D eigenvalue weighted by Gasteiger charge is -2.19. The minimum atomic E-state index is -0.752. The number of amides is 4. The predicted molar refractivity (Wildman–Crippen MR) is 106 cm³/mol. The number of benzene rings is 1. The van der Waals surface area contributed by atoms with Crippen LogP contribution in [0.25, 0.3) is 0 Å². The molecular formula is C20H21FN4O3S. The predicted octanol–water partition coefficient (Wildman–Crippen LogP) is 3.07. The van der Waals surface area contributed by atoms with Crippen molar-refractivity contribution in [2.45, 2.75) is 44.1 Å². The van der Waals surface area contributed by atoms with Crippen LogP contribution in [-0.4, -0.2) is 39.8 Å². The number of hydrogen-bond acceptors (Lipinski definition) is 5. The summed E-state index contributed by atoms with van der Waals surface area (Å²) in [6.45, 7) is 0.0477. The van der Waals surface area contributed by atoms with E-state index >= 15 is 0 Å². The second kappa shape index (κ2) is 7.90. The third-order valence-electron chi connectivity index (χ3n) is 5.36. The van der Waals surface area contributed by atoms with E-state index in [-0.39, 0.29) is 30.6 Å². The van der Waals surface area contributed by atoms with E-state index in [2.05, 4.69) is 15.6 Å². The average molecular weight is 416 g/mol. The zero-order valence-corrected chi connectivity index (χ0v) is 16.6. The Kier molecular flexibility index (Phi) is 5.31. The third-order valence-corrected chi connectivity index (χ3v) is 6.27. The van der Waals surface area contributed by atoms with Crippen molar-refractivity contribution in [3.8, 4) is 0 Å². The first-order valence-electron chi connectivity index (χ1n) is 9.58. The van der Waals surface area contributed by atoms with Gasteiger partial charge in [-0.1, -0.05) is 25.0 Å². The molecule has 29 heavy (non-hydrogen) atoms. The van der Waals surface area contributed by atoms with E-state index in [1.807, 2.05) is 0 Å². The molecule has 2 N–H and O–H groups in total. The van der Waals surface area contributed by atoms with Gasteiger partial charge in [-0.15, -0.1) is 11.3 Å². The maximum absolute atomic E-state index is 13.0. The normalized spacial score (nSPS) is 17.8. The number of carbonyl (C=O) groups is 3. The standard InChI is InChI=1S/C20H21FN4O3S/c21-14-5-3-13(4-6-14)11-15-12-22-18(29-15)23-16(26)7-10-25-17(27)20(24-19(25)28)8-1-2-9-20/h3-6,12H,1-2,7-11H2,(H,24,28)(H,22,23,26). The number of hydrogen-bond donors (Lipinski definition) is 2. The number of anilines is 1. The Hall–Kier alpha value is -2.81. The van der Waals surface area contributed by atoms with Gasteiger partial charge < -0.3 is 10.6 Å². The van der Waals surface area contributed by atoms with Crippen LogP contribution in [0.4, 0.5) is 14.3 Å². The summed E-state index contributed by atoms with van der Waals surface area (Å²) in [5, 5.41) is 5.97. The van der Waals surface area contributed by atoms with E-state index in [0.717, 1.165) is 28.2 Å². The number of halogens is 1. The summed E-state index contributed by atoms with van der Waals surface area (Å²) in [6.07, 6.45) is 5.45. The summed E-state index contributed by atoms with van der Waals surface area (Å²) < 4.78 is 13.0. The molecule has 1 saturated carbocycles. The van der Waals surface area contributed by atoms with Crippen LogP contribution in [0, 0.1) is 5.82 Å². The van der Waals surface area contributed by atoms with Crippen LogP contribution in [0.2, 0.25) is 0 Å². The number of rotatable bonds is 6. The molecular weight excluding hydrogens is 395 g/mol. The van der Waals surface area contributed by atoms with E-state index in [1.54, 1.807) is 18.3 Å². The molecule has 152 valence electrons. The van der Waals surface area contributed by atoms with Crippen molar-refractivity contribution in [3.63, 3.8) is 0 Å². The molecule has 7 nitrogen and oxygen atoms in total. The van der Waals surface area contributed by atoms with Crippen molar-refractivity contribution < 1.29 is 18.8 Å². The van der Waals surface area contributed by atoms with Crippen molar-refractivity contribution in [1.29, 1.82) is 0 Å². The lowest BCUT2D eigenvalue weighted by molar-refractivity contribution is -0.131. The van der Waals surface area contributed by atoms with Crippen LogP contribution in [-0.2, 0) is 16.0 Å². The van der Waals surface area contributed by atoms with E-state index in [1.165, 1.54) is 23.5 Å². The van der Waals surface area contributed by atoms with Crippen molar-refractivity contribution in [2.75, 3.05) is 11.9 Å². The quantitative estimate of drug-likeness (QED) is 0.708. The van der Waals surface area contributed by atoms with E-state index < -0.39 is 11.6 Å². The Balaban J connectivity index is 1.29. The summed E-state index contributed by atoms with van der Waals surface area (Å²) in [4.78, 5) is 43.2. The topological polar surface area (TPSA) is 91.4 Å². The molecule has 4 rings (SSSR count). The minimum absolute atomic E-state index is 0.0160. The van der Waals surface area contributed by atoms with Crippen molar-refractivity contribution >= 4 is 34.3 Å². The highest BCUT2D eigenvalue weighted by Gasteiger charge is 2.52. The van der Waals surface area contributed by atoms with Gasteiger partial charge in [0, 0.05) is 30.5 Å². The highest BCUT2D eigenvalue weighted by Crippen LogP contribution is 2.35. The van der Waals surface area contributed by atoms with Gasteiger partial charge in [0.1, 0.15) is 11.4 Å². The Morgan fingerprint density at radius 1 is 1.24 bits per heavy atom. The maximum Gasteiger partial charge on any atom is 0.325 e. The number of nitrogens with one attached hydrogen (secondary N) is 2. The summed E-state index contributed by atoms with van der Waals surface area (Å²) >= 11 is 1.34. The molecule has 0 bridgehead atoms. The van der Waals surface area contributed by atoms with Crippen molar-refractivity contribution in [2.24, 2.45) is 0 Å². The number of imide groups is 1. The molecule has 0 radical (unpaired) electrons. The number of aromatic nitrogens is 1. The third kappa shape index (κ3) is 4.14. The molecule has 1 aliphatic heterocycles. The Morgan fingerprint density at radius 2 is 1.97 bits per heavy atom. The molecule has 1 aromatic heterocycles. The SMILES string of the molecule is O=C(CCN1C(=O)NC2(CCCC2)C1=O)Nc1ncc(Cc2ccc(F)cc2)s1. The van der Waals surface area contributed by atoms with Crippen LogP contribution in [0.15, 0.2) is 30.5 Å². The molecule has 0 atom stereocenters. The molecule has 1 aromatic carbocycles. The molecule has 2 heterocycles. The molecule has 1 spiro atoms.